The summed E-state index contributed by atoms with van der Waals surface area (Å²) in [5.74, 6) is -0.128. The molecular weight excluding hydrogens is 192 g/mol. The molecule has 0 amide bonds. The highest BCUT2D eigenvalue weighted by molar-refractivity contribution is 5.59. The van der Waals surface area contributed by atoms with Crippen LogP contribution in [0.2, 0.25) is 0 Å². The Hall–Kier alpha value is -2.23. The van der Waals surface area contributed by atoms with Crippen LogP contribution in [0.15, 0.2) is 48.5 Å². The third-order valence-electron chi connectivity index (χ3n) is 1.99. The minimum absolute atomic E-state index is 0.128. The standard InChI is InChI=1S/C11H8N2O2/c14-13(15)11-8-4-7-10(12-11)9-5-2-1-3-6-9/h1-8H. The van der Waals surface area contributed by atoms with Crippen molar-refractivity contribution in [1.29, 1.82) is 0 Å². The van der Waals surface area contributed by atoms with Crippen molar-refractivity contribution < 1.29 is 4.92 Å². The lowest BCUT2D eigenvalue weighted by molar-refractivity contribution is -0.389. The summed E-state index contributed by atoms with van der Waals surface area (Å²) in [6.45, 7) is 0. The Labute approximate surface area is 86.4 Å². The van der Waals surface area contributed by atoms with E-state index in [-0.39, 0.29) is 5.82 Å². The van der Waals surface area contributed by atoms with Crippen molar-refractivity contribution >= 4 is 5.82 Å². The average molecular weight is 200 g/mol. The van der Waals surface area contributed by atoms with Crippen LogP contribution in [0.4, 0.5) is 5.82 Å². The van der Waals surface area contributed by atoms with Crippen LogP contribution < -0.4 is 0 Å². The summed E-state index contributed by atoms with van der Waals surface area (Å²) in [5, 5.41) is 10.5. The minimum Gasteiger partial charge on any atom is -0.358 e. The maximum Gasteiger partial charge on any atom is 0.364 e. The maximum atomic E-state index is 10.5. The first kappa shape index (κ1) is 9.33. The smallest absolute Gasteiger partial charge is 0.358 e. The Morgan fingerprint density at radius 3 is 2.40 bits per heavy atom. The van der Waals surface area contributed by atoms with Crippen LogP contribution in [-0.4, -0.2) is 9.91 Å². The normalized spacial score (nSPS) is 9.87. The van der Waals surface area contributed by atoms with Crippen molar-refractivity contribution in [3.8, 4) is 11.3 Å². The van der Waals surface area contributed by atoms with Gasteiger partial charge in [-0.25, -0.2) is 0 Å². The second-order valence-electron chi connectivity index (χ2n) is 3.00. The van der Waals surface area contributed by atoms with Crippen LogP contribution in [0.3, 0.4) is 0 Å². The molecule has 1 aromatic heterocycles. The fraction of sp³-hybridized carbons (Fsp3) is 0. The van der Waals surface area contributed by atoms with Crippen molar-refractivity contribution in [2.24, 2.45) is 0 Å². The molecule has 0 saturated carbocycles. The second kappa shape index (κ2) is 3.88. The van der Waals surface area contributed by atoms with Gasteiger partial charge < -0.3 is 10.1 Å². The fourth-order valence-corrected chi connectivity index (χ4v) is 1.29. The van der Waals surface area contributed by atoms with E-state index in [1.807, 2.05) is 30.3 Å². The Kier molecular flexibility index (Phi) is 2.41. The maximum absolute atomic E-state index is 10.5. The Morgan fingerprint density at radius 1 is 1.00 bits per heavy atom. The first-order valence-electron chi connectivity index (χ1n) is 4.44. The van der Waals surface area contributed by atoms with Gasteiger partial charge in [0.1, 0.15) is 0 Å². The lowest BCUT2D eigenvalue weighted by atomic mass is 10.1. The van der Waals surface area contributed by atoms with Gasteiger partial charge in [-0.3, -0.25) is 0 Å². The molecule has 4 nitrogen and oxygen atoms in total. The lowest BCUT2D eigenvalue weighted by Gasteiger charge is -1.96. The molecule has 2 aromatic rings. The fourth-order valence-electron chi connectivity index (χ4n) is 1.29. The molecule has 0 bridgehead atoms. The molecule has 0 atom stereocenters. The SMILES string of the molecule is O=[N+]([O-])c1cccc(-c2ccccc2)n1. The number of nitro groups is 1. The molecule has 0 radical (unpaired) electrons. The van der Waals surface area contributed by atoms with Gasteiger partial charge in [0, 0.05) is 11.6 Å². The van der Waals surface area contributed by atoms with E-state index in [1.165, 1.54) is 6.07 Å². The van der Waals surface area contributed by atoms with E-state index in [2.05, 4.69) is 4.98 Å². The van der Waals surface area contributed by atoms with Gasteiger partial charge in [-0.1, -0.05) is 30.3 Å². The molecule has 2 rings (SSSR count). The van der Waals surface area contributed by atoms with Crippen LogP contribution in [0.1, 0.15) is 0 Å². The monoisotopic (exact) mass is 200 g/mol. The van der Waals surface area contributed by atoms with Crippen LogP contribution in [0.25, 0.3) is 11.3 Å². The molecule has 0 aliphatic heterocycles. The molecule has 74 valence electrons. The first-order chi connectivity index (χ1) is 7.27. The van der Waals surface area contributed by atoms with Crippen molar-refractivity contribution in [2.45, 2.75) is 0 Å². The van der Waals surface area contributed by atoms with Gasteiger partial charge in [-0.2, -0.15) is 0 Å². The van der Waals surface area contributed by atoms with E-state index in [4.69, 9.17) is 0 Å². The Bertz CT molecular complexity index is 483. The van der Waals surface area contributed by atoms with Crippen LogP contribution in [0, 0.1) is 10.1 Å². The van der Waals surface area contributed by atoms with Crippen LogP contribution in [0.5, 0.6) is 0 Å². The summed E-state index contributed by atoms with van der Waals surface area (Å²) in [5.41, 5.74) is 1.49. The molecule has 0 unspecified atom stereocenters. The Morgan fingerprint density at radius 2 is 1.73 bits per heavy atom. The highest BCUT2D eigenvalue weighted by Crippen LogP contribution is 2.18. The third kappa shape index (κ3) is 1.99. The molecule has 0 aliphatic rings. The zero-order valence-electron chi connectivity index (χ0n) is 7.83. The number of benzene rings is 1. The zero-order valence-corrected chi connectivity index (χ0v) is 7.83. The summed E-state index contributed by atoms with van der Waals surface area (Å²) >= 11 is 0. The van der Waals surface area contributed by atoms with Gasteiger partial charge in [0.05, 0.1) is 0 Å². The van der Waals surface area contributed by atoms with Gasteiger partial charge in [0.2, 0.25) is 0 Å². The summed E-state index contributed by atoms with van der Waals surface area (Å²) in [6, 6.07) is 14.1. The molecular formula is C11H8N2O2. The lowest BCUT2D eigenvalue weighted by Crippen LogP contribution is -1.92. The van der Waals surface area contributed by atoms with Crippen LogP contribution in [-0.2, 0) is 0 Å². The van der Waals surface area contributed by atoms with E-state index in [9.17, 15) is 10.1 Å². The van der Waals surface area contributed by atoms with Gasteiger partial charge in [0.25, 0.3) is 0 Å². The number of aromatic nitrogens is 1. The highest BCUT2D eigenvalue weighted by Gasteiger charge is 2.10. The predicted molar refractivity (Wildman–Crippen MR) is 56.3 cm³/mol. The minimum atomic E-state index is -0.494. The first-order valence-corrected chi connectivity index (χ1v) is 4.44. The molecule has 1 aromatic carbocycles. The summed E-state index contributed by atoms with van der Waals surface area (Å²) < 4.78 is 0. The summed E-state index contributed by atoms with van der Waals surface area (Å²) in [4.78, 5) is 14.0. The second-order valence-corrected chi connectivity index (χ2v) is 3.00. The molecule has 0 saturated heterocycles. The molecule has 0 spiro atoms. The van der Waals surface area contributed by atoms with E-state index in [0.29, 0.717) is 5.69 Å². The van der Waals surface area contributed by atoms with Crippen molar-refractivity contribution in [3.63, 3.8) is 0 Å². The summed E-state index contributed by atoms with van der Waals surface area (Å²) in [6.07, 6.45) is 0. The van der Waals surface area contributed by atoms with Crippen LogP contribution >= 0.6 is 0 Å². The topological polar surface area (TPSA) is 56.0 Å². The molecule has 15 heavy (non-hydrogen) atoms. The highest BCUT2D eigenvalue weighted by atomic mass is 16.6. The van der Waals surface area contributed by atoms with E-state index >= 15 is 0 Å². The van der Waals surface area contributed by atoms with E-state index < -0.39 is 4.92 Å². The largest absolute Gasteiger partial charge is 0.364 e. The molecule has 0 fully saturated rings. The number of hydrogen-bond acceptors (Lipinski definition) is 3. The van der Waals surface area contributed by atoms with E-state index in [0.717, 1.165) is 5.56 Å². The van der Waals surface area contributed by atoms with Crippen molar-refractivity contribution in [3.05, 3.63) is 58.6 Å². The van der Waals surface area contributed by atoms with Crippen molar-refractivity contribution in [2.75, 3.05) is 0 Å². The number of hydrogen-bond donors (Lipinski definition) is 0. The molecule has 1 heterocycles. The predicted octanol–water partition coefficient (Wildman–Crippen LogP) is 2.66. The zero-order chi connectivity index (χ0) is 10.7. The molecule has 0 N–H and O–H groups in total. The Balaban J connectivity index is 2.46. The molecule has 0 aliphatic carbocycles. The third-order valence-corrected chi connectivity index (χ3v) is 1.99. The van der Waals surface area contributed by atoms with Gasteiger partial charge in [-0.05, 0) is 22.0 Å². The van der Waals surface area contributed by atoms with Gasteiger partial charge in [-0.15, -0.1) is 0 Å². The van der Waals surface area contributed by atoms with E-state index in [1.54, 1.807) is 12.1 Å². The molecule has 4 heteroatoms. The van der Waals surface area contributed by atoms with Gasteiger partial charge in [0.15, 0.2) is 5.69 Å². The number of pyridine rings is 1. The number of nitrogens with zero attached hydrogens (tertiary/aromatic N) is 2. The van der Waals surface area contributed by atoms with Crippen molar-refractivity contribution in [1.82, 2.24) is 4.98 Å². The summed E-state index contributed by atoms with van der Waals surface area (Å²) in [7, 11) is 0. The average Bonchev–Trinajstić information content (AvgIpc) is 2.30. The number of rotatable bonds is 2. The van der Waals surface area contributed by atoms with Gasteiger partial charge >= 0.3 is 5.82 Å². The quantitative estimate of drug-likeness (QED) is 0.553.